The second-order valence-corrected chi connectivity index (χ2v) is 12.7. The lowest BCUT2D eigenvalue weighted by Crippen LogP contribution is -2.56. The van der Waals surface area contributed by atoms with Crippen molar-refractivity contribution in [3.63, 3.8) is 0 Å². The molecule has 246 valence electrons. The number of hydrogen-bond donors (Lipinski definition) is 4. The molecule has 0 saturated carbocycles. The molecule has 46 heavy (non-hydrogen) atoms. The van der Waals surface area contributed by atoms with Gasteiger partial charge in [-0.1, -0.05) is 42.5 Å². The summed E-state index contributed by atoms with van der Waals surface area (Å²) in [5.74, 6) is -2.50. The molecule has 1 atom stereocenters. The number of pyridine rings is 1. The number of halogens is 3. The molecule has 1 saturated heterocycles. The Morgan fingerprint density at radius 1 is 0.891 bits per heavy atom. The van der Waals surface area contributed by atoms with Gasteiger partial charge in [-0.25, -0.2) is 4.98 Å². The lowest BCUT2D eigenvalue weighted by atomic mass is 10.0. The van der Waals surface area contributed by atoms with Crippen molar-refractivity contribution < 1.29 is 47.0 Å². The molecule has 1 fully saturated rings. The Kier molecular flexibility index (Phi) is 11.3. The monoisotopic (exact) mass is 662 g/mol. The molecule has 0 bridgehead atoms. The quantitative estimate of drug-likeness (QED) is 0.165. The fraction of sp³-hybridized carbons (Fsp3) is 0.355. The number of aliphatic carboxylic acids is 1. The summed E-state index contributed by atoms with van der Waals surface area (Å²) in [6, 6.07) is 14.5. The normalized spacial score (nSPS) is 14.9. The van der Waals surface area contributed by atoms with E-state index in [1.807, 2.05) is 0 Å². The van der Waals surface area contributed by atoms with Crippen LogP contribution in [0.15, 0.2) is 66.7 Å². The fourth-order valence-corrected chi connectivity index (χ4v) is 5.85. The van der Waals surface area contributed by atoms with Crippen LogP contribution >= 0.6 is 7.60 Å². The van der Waals surface area contributed by atoms with Crippen molar-refractivity contribution in [1.82, 2.24) is 20.1 Å². The zero-order chi connectivity index (χ0) is 33.5. The lowest BCUT2D eigenvalue weighted by Gasteiger charge is -2.36. The van der Waals surface area contributed by atoms with Gasteiger partial charge in [0.05, 0.1) is 17.4 Å². The predicted octanol–water partition coefficient (Wildman–Crippen LogP) is 4.11. The van der Waals surface area contributed by atoms with Crippen LogP contribution in [0.1, 0.15) is 35.3 Å². The number of carboxylic acid groups (broad SMARTS) is 1. The molecule has 1 aliphatic rings. The zero-order valence-corrected chi connectivity index (χ0v) is 25.6. The fourth-order valence-electron chi connectivity index (χ4n) is 5.13. The first kappa shape index (κ1) is 34.8. The van der Waals surface area contributed by atoms with E-state index in [0.717, 1.165) is 12.1 Å². The van der Waals surface area contributed by atoms with Gasteiger partial charge in [-0.3, -0.25) is 23.8 Å². The van der Waals surface area contributed by atoms with Gasteiger partial charge in [0.1, 0.15) is 11.7 Å². The van der Waals surface area contributed by atoms with Gasteiger partial charge in [-0.15, -0.1) is 0 Å². The third kappa shape index (κ3) is 9.95. The summed E-state index contributed by atoms with van der Waals surface area (Å²) in [5.41, 5.74) is 0.0562. The summed E-state index contributed by atoms with van der Waals surface area (Å²) in [7, 11) is -4.80. The topological polar surface area (TPSA) is 160 Å². The van der Waals surface area contributed by atoms with Crippen LogP contribution < -0.4 is 5.32 Å². The summed E-state index contributed by atoms with van der Waals surface area (Å²) in [4.78, 5) is 64.9. The maximum absolute atomic E-state index is 13.5. The molecule has 4 rings (SSSR count). The smallest absolute Gasteiger partial charge is 0.416 e. The number of rotatable bonds is 12. The number of carbonyl (C=O) groups is 3. The second-order valence-electron chi connectivity index (χ2n) is 11.0. The van der Waals surface area contributed by atoms with Crippen LogP contribution in [0.2, 0.25) is 0 Å². The Balaban J connectivity index is 1.57. The molecule has 0 radical (unpaired) electrons. The van der Waals surface area contributed by atoms with E-state index < -0.39 is 49.3 Å². The Morgan fingerprint density at radius 2 is 1.57 bits per heavy atom. The van der Waals surface area contributed by atoms with Gasteiger partial charge in [-0.05, 0) is 54.8 Å². The van der Waals surface area contributed by atoms with Crippen LogP contribution in [0.4, 0.5) is 13.2 Å². The van der Waals surface area contributed by atoms with E-state index in [2.05, 4.69) is 15.2 Å². The van der Waals surface area contributed by atoms with E-state index in [4.69, 9.17) is 5.11 Å². The van der Waals surface area contributed by atoms with Crippen molar-refractivity contribution in [2.24, 2.45) is 0 Å². The third-order valence-corrected chi connectivity index (χ3v) is 8.31. The van der Waals surface area contributed by atoms with Gasteiger partial charge in [0.15, 0.2) is 0 Å². The van der Waals surface area contributed by atoms with Crippen LogP contribution in [0.5, 0.6) is 0 Å². The Morgan fingerprint density at radius 3 is 2.20 bits per heavy atom. The third-order valence-electron chi connectivity index (χ3n) is 7.47. The van der Waals surface area contributed by atoms with E-state index in [9.17, 15) is 41.9 Å². The van der Waals surface area contributed by atoms with Gasteiger partial charge in [0.25, 0.3) is 5.91 Å². The van der Waals surface area contributed by atoms with E-state index >= 15 is 0 Å². The number of unbranched alkanes of at least 4 members (excludes halogenated alkanes) is 1. The molecule has 2 heterocycles. The van der Waals surface area contributed by atoms with Crippen molar-refractivity contribution in [2.75, 3.05) is 38.9 Å². The minimum Gasteiger partial charge on any atom is -0.481 e. The number of benzene rings is 2. The zero-order valence-electron chi connectivity index (χ0n) is 24.7. The van der Waals surface area contributed by atoms with Gasteiger partial charge in [-0.2, -0.15) is 13.2 Å². The van der Waals surface area contributed by atoms with Crippen molar-refractivity contribution in [3.8, 4) is 22.4 Å². The number of alkyl halides is 3. The van der Waals surface area contributed by atoms with E-state index in [1.165, 1.54) is 29.2 Å². The highest BCUT2D eigenvalue weighted by molar-refractivity contribution is 7.51. The molecule has 11 nitrogen and oxygen atoms in total. The van der Waals surface area contributed by atoms with Crippen LogP contribution in [-0.4, -0.2) is 92.4 Å². The molecule has 0 spiro atoms. The van der Waals surface area contributed by atoms with Gasteiger partial charge >= 0.3 is 19.7 Å². The Hall–Kier alpha value is -4.10. The van der Waals surface area contributed by atoms with Crippen molar-refractivity contribution >= 4 is 25.4 Å². The number of nitrogens with one attached hydrogen (secondary N) is 1. The lowest BCUT2D eigenvalue weighted by molar-refractivity contribution is -0.138. The van der Waals surface area contributed by atoms with Crippen molar-refractivity contribution in [3.05, 3.63) is 78.0 Å². The number of carboxylic acids is 1. The highest BCUT2D eigenvalue weighted by Gasteiger charge is 2.34. The number of nitrogens with zero attached hydrogens (tertiary/aromatic N) is 3. The minimum atomic E-state index is -4.80. The average molecular weight is 663 g/mol. The number of amides is 2. The summed E-state index contributed by atoms with van der Waals surface area (Å²) in [6.45, 7) is 2.00. The minimum absolute atomic E-state index is 0.0509. The van der Waals surface area contributed by atoms with Crippen LogP contribution in [-0.2, 0) is 20.3 Å². The number of piperazine rings is 1. The first-order valence-corrected chi connectivity index (χ1v) is 16.3. The van der Waals surface area contributed by atoms with Crippen molar-refractivity contribution in [2.45, 2.75) is 31.5 Å². The SMILES string of the molecule is O=C(O)CCCCN1CCN(C(=O)[C@H](CP(=O)(O)O)NC(=O)c2cc(-c3ccccc3)cc(-c3cccc(C(F)(F)F)c3)n2)CC1. The molecular weight excluding hydrogens is 628 g/mol. The molecule has 1 aliphatic heterocycles. The van der Waals surface area contributed by atoms with Gasteiger partial charge in [0.2, 0.25) is 5.91 Å². The standard InChI is InChI=1S/C31H34F3N4O7P/c32-31(33,34)24-10-6-9-22(17-24)25-18-23(21-7-2-1-3-8-21)19-26(35-25)29(41)36-27(20-46(43,44)45)30(42)38-15-13-37(14-16-38)12-5-4-11-28(39)40/h1-3,6-10,17-19,27H,4-5,11-16,20H2,(H,36,41)(H,39,40)(H2,43,44,45)/t27-/m0/s1. The average Bonchev–Trinajstić information content (AvgIpc) is 3.02. The molecule has 2 amide bonds. The highest BCUT2D eigenvalue weighted by atomic mass is 31.2. The first-order chi connectivity index (χ1) is 21.7. The maximum Gasteiger partial charge on any atom is 0.416 e. The molecule has 15 heteroatoms. The summed E-state index contributed by atoms with van der Waals surface area (Å²) >= 11 is 0. The molecular formula is C31H34F3N4O7P. The first-order valence-electron chi connectivity index (χ1n) is 14.5. The highest BCUT2D eigenvalue weighted by Crippen LogP contribution is 2.36. The van der Waals surface area contributed by atoms with E-state index in [-0.39, 0.29) is 36.5 Å². The van der Waals surface area contributed by atoms with E-state index in [0.29, 0.717) is 43.6 Å². The van der Waals surface area contributed by atoms with Crippen molar-refractivity contribution in [1.29, 1.82) is 0 Å². The van der Waals surface area contributed by atoms with Crippen LogP contribution in [0.25, 0.3) is 22.4 Å². The molecule has 0 unspecified atom stereocenters. The molecule has 3 aromatic rings. The molecule has 0 aliphatic carbocycles. The summed E-state index contributed by atoms with van der Waals surface area (Å²) in [6.07, 6.45) is -4.34. The van der Waals surface area contributed by atoms with Gasteiger partial charge < -0.3 is 25.1 Å². The molecule has 2 aromatic carbocycles. The van der Waals surface area contributed by atoms with Gasteiger partial charge in [0, 0.05) is 38.2 Å². The molecule has 1 aromatic heterocycles. The Bertz CT molecular complexity index is 1590. The van der Waals surface area contributed by atoms with Crippen LogP contribution in [0.3, 0.4) is 0 Å². The van der Waals surface area contributed by atoms with Crippen LogP contribution in [0, 0.1) is 0 Å². The predicted molar refractivity (Wildman–Crippen MR) is 163 cm³/mol. The largest absolute Gasteiger partial charge is 0.481 e. The summed E-state index contributed by atoms with van der Waals surface area (Å²) < 4.78 is 52.4. The molecule has 4 N–H and O–H groups in total. The number of aromatic nitrogens is 1. The second kappa shape index (κ2) is 15.0. The Labute approximate surface area is 263 Å². The van der Waals surface area contributed by atoms with E-state index in [1.54, 1.807) is 30.3 Å². The number of hydrogen-bond acceptors (Lipinski definition) is 6. The number of carbonyl (C=O) groups excluding carboxylic acids is 2. The summed E-state index contributed by atoms with van der Waals surface area (Å²) in [5, 5.41) is 11.2. The maximum atomic E-state index is 13.5.